The lowest BCUT2D eigenvalue weighted by molar-refractivity contribution is -0.491. The molecular weight excluding hydrogens is 290 g/mol. The van der Waals surface area contributed by atoms with Gasteiger partial charge in [0.15, 0.2) is 5.79 Å². The molecule has 2 atom stereocenters. The molecule has 0 spiro atoms. The van der Waals surface area contributed by atoms with Gasteiger partial charge in [0.1, 0.15) is 24.6 Å². The molecule has 0 bridgehead atoms. The Labute approximate surface area is 128 Å². The second-order valence-electron chi connectivity index (χ2n) is 5.81. The second-order valence-corrected chi connectivity index (χ2v) is 5.81. The first-order chi connectivity index (χ1) is 10.3. The zero-order valence-corrected chi connectivity index (χ0v) is 12.9. The SMILES string of the molecule is Cc1ccc(OCC2COC(C)(C)O2)cc1C(O)C[N+](=O)[O-]. The lowest BCUT2D eigenvalue weighted by atomic mass is 10.0. The summed E-state index contributed by atoms with van der Waals surface area (Å²) >= 11 is 0. The molecule has 7 heteroatoms. The Balaban J connectivity index is 1.99. The lowest BCUT2D eigenvalue weighted by Gasteiger charge is -2.18. The van der Waals surface area contributed by atoms with Crippen LogP contribution in [0.1, 0.15) is 31.1 Å². The van der Waals surface area contributed by atoms with Gasteiger partial charge in [-0.05, 0) is 44.0 Å². The van der Waals surface area contributed by atoms with Crippen molar-refractivity contribution in [2.75, 3.05) is 19.8 Å². The normalized spacial score (nSPS) is 21.5. The lowest BCUT2D eigenvalue weighted by Crippen LogP contribution is -2.25. The molecule has 1 saturated heterocycles. The summed E-state index contributed by atoms with van der Waals surface area (Å²) in [5.41, 5.74) is 1.28. The van der Waals surface area contributed by atoms with E-state index in [0.29, 0.717) is 24.5 Å². The van der Waals surface area contributed by atoms with Crippen LogP contribution in [0.25, 0.3) is 0 Å². The molecule has 122 valence electrons. The number of ether oxygens (including phenoxy) is 3. The smallest absolute Gasteiger partial charge is 0.233 e. The van der Waals surface area contributed by atoms with Crippen molar-refractivity contribution in [3.8, 4) is 5.75 Å². The minimum absolute atomic E-state index is 0.163. The molecule has 7 nitrogen and oxygen atoms in total. The van der Waals surface area contributed by atoms with Gasteiger partial charge in [0.05, 0.1) is 6.61 Å². The Morgan fingerprint density at radius 3 is 2.86 bits per heavy atom. The Hall–Kier alpha value is -1.70. The van der Waals surface area contributed by atoms with E-state index in [2.05, 4.69) is 0 Å². The van der Waals surface area contributed by atoms with Crippen molar-refractivity contribution < 1.29 is 24.2 Å². The van der Waals surface area contributed by atoms with Gasteiger partial charge in [-0.15, -0.1) is 0 Å². The fourth-order valence-corrected chi connectivity index (χ4v) is 2.34. The van der Waals surface area contributed by atoms with Gasteiger partial charge in [-0.2, -0.15) is 0 Å². The first-order valence-corrected chi connectivity index (χ1v) is 7.12. The Morgan fingerprint density at radius 2 is 2.27 bits per heavy atom. The van der Waals surface area contributed by atoms with E-state index < -0.39 is 23.4 Å². The van der Waals surface area contributed by atoms with E-state index in [1.54, 1.807) is 25.1 Å². The van der Waals surface area contributed by atoms with E-state index in [-0.39, 0.29) is 6.10 Å². The number of hydrogen-bond acceptors (Lipinski definition) is 6. The quantitative estimate of drug-likeness (QED) is 0.636. The second kappa shape index (κ2) is 6.60. The van der Waals surface area contributed by atoms with Crippen LogP contribution >= 0.6 is 0 Å². The van der Waals surface area contributed by atoms with Gasteiger partial charge in [-0.3, -0.25) is 10.1 Å². The van der Waals surface area contributed by atoms with Crippen LogP contribution in [0.2, 0.25) is 0 Å². The number of rotatable bonds is 6. The molecule has 0 amide bonds. The molecule has 1 fully saturated rings. The maximum Gasteiger partial charge on any atom is 0.233 e. The van der Waals surface area contributed by atoms with Crippen molar-refractivity contribution in [1.82, 2.24) is 0 Å². The third kappa shape index (κ3) is 4.40. The van der Waals surface area contributed by atoms with Crippen molar-refractivity contribution in [1.29, 1.82) is 0 Å². The summed E-state index contributed by atoms with van der Waals surface area (Å²) in [6, 6.07) is 5.16. The highest BCUT2D eigenvalue weighted by molar-refractivity contribution is 5.36. The molecule has 2 rings (SSSR count). The fourth-order valence-electron chi connectivity index (χ4n) is 2.34. The van der Waals surface area contributed by atoms with Gasteiger partial charge >= 0.3 is 0 Å². The van der Waals surface area contributed by atoms with E-state index in [1.165, 1.54) is 0 Å². The minimum Gasteiger partial charge on any atom is -0.491 e. The van der Waals surface area contributed by atoms with Gasteiger partial charge < -0.3 is 19.3 Å². The van der Waals surface area contributed by atoms with Gasteiger partial charge in [-0.1, -0.05) is 6.07 Å². The maximum absolute atomic E-state index is 10.5. The molecule has 1 aliphatic heterocycles. The van der Waals surface area contributed by atoms with Crippen molar-refractivity contribution in [3.05, 3.63) is 39.4 Å². The van der Waals surface area contributed by atoms with Crippen molar-refractivity contribution >= 4 is 0 Å². The zero-order valence-electron chi connectivity index (χ0n) is 12.9. The Morgan fingerprint density at radius 1 is 1.55 bits per heavy atom. The number of aliphatic hydroxyl groups is 1. The number of nitro groups is 1. The van der Waals surface area contributed by atoms with Crippen LogP contribution in [-0.4, -0.2) is 41.7 Å². The average Bonchev–Trinajstić information content (AvgIpc) is 2.76. The highest BCUT2D eigenvalue weighted by atomic mass is 16.7. The maximum atomic E-state index is 10.5. The third-order valence-corrected chi connectivity index (χ3v) is 3.43. The van der Waals surface area contributed by atoms with Crippen molar-refractivity contribution in [2.24, 2.45) is 0 Å². The van der Waals surface area contributed by atoms with Crippen molar-refractivity contribution in [2.45, 2.75) is 38.8 Å². The van der Waals surface area contributed by atoms with Crippen LogP contribution in [0.3, 0.4) is 0 Å². The first kappa shape index (κ1) is 16.7. The predicted octanol–water partition coefficient (Wildman–Crippen LogP) is 1.84. The molecule has 0 radical (unpaired) electrons. The minimum atomic E-state index is -1.15. The number of aryl methyl sites for hydroxylation is 1. The van der Waals surface area contributed by atoms with Gasteiger partial charge in [0.25, 0.3) is 0 Å². The fraction of sp³-hybridized carbons (Fsp3) is 0.600. The van der Waals surface area contributed by atoms with Gasteiger partial charge in [-0.25, -0.2) is 0 Å². The van der Waals surface area contributed by atoms with Crippen LogP contribution in [-0.2, 0) is 9.47 Å². The van der Waals surface area contributed by atoms with Crippen LogP contribution in [0.5, 0.6) is 5.75 Å². The predicted molar refractivity (Wildman–Crippen MR) is 78.4 cm³/mol. The standard InChI is InChI=1S/C15H21NO6/c1-10-4-5-11(6-13(10)14(17)7-16(18)19)20-8-12-9-21-15(2,3)22-12/h4-6,12,14,17H,7-9H2,1-3H3. The molecule has 1 aliphatic rings. The van der Waals surface area contributed by atoms with Crippen LogP contribution in [0, 0.1) is 17.0 Å². The van der Waals surface area contributed by atoms with Crippen LogP contribution < -0.4 is 4.74 Å². The summed E-state index contributed by atoms with van der Waals surface area (Å²) in [4.78, 5) is 9.99. The molecule has 22 heavy (non-hydrogen) atoms. The summed E-state index contributed by atoms with van der Waals surface area (Å²) in [7, 11) is 0. The summed E-state index contributed by atoms with van der Waals surface area (Å²) < 4.78 is 16.7. The van der Waals surface area contributed by atoms with E-state index in [0.717, 1.165) is 5.56 Å². The van der Waals surface area contributed by atoms with Crippen molar-refractivity contribution in [3.63, 3.8) is 0 Å². The van der Waals surface area contributed by atoms with E-state index in [1.807, 2.05) is 13.8 Å². The van der Waals surface area contributed by atoms with E-state index >= 15 is 0 Å². The Bertz CT molecular complexity index is 545. The number of benzene rings is 1. The molecule has 1 heterocycles. The third-order valence-electron chi connectivity index (χ3n) is 3.43. The topological polar surface area (TPSA) is 91.1 Å². The number of hydrogen-bond donors (Lipinski definition) is 1. The van der Waals surface area contributed by atoms with E-state index in [4.69, 9.17) is 14.2 Å². The number of aliphatic hydroxyl groups excluding tert-OH is 1. The summed E-state index contributed by atoms with van der Waals surface area (Å²) in [6.45, 7) is 5.71. The molecule has 2 unspecified atom stereocenters. The van der Waals surface area contributed by atoms with Crippen LogP contribution in [0.4, 0.5) is 0 Å². The highest BCUT2D eigenvalue weighted by Crippen LogP contribution is 2.26. The molecule has 1 N–H and O–H groups in total. The van der Waals surface area contributed by atoms with Gasteiger partial charge in [0, 0.05) is 4.92 Å². The van der Waals surface area contributed by atoms with E-state index in [9.17, 15) is 15.2 Å². The highest BCUT2D eigenvalue weighted by Gasteiger charge is 2.33. The zero-order chi connectivity index (χ0) is 16.3. The molecule has 0 aromatic heterocycles. The molecule has 0 saturated carbocycles. The van der Waals surface area contributed by atoms with Crippen LogP contribution in [0.15, 0.2) is 18.2 Å². The largest absolute Gasteiger partial charge is 0.491 e. The Kier molecular flexibility index (Phi) is 5.00. The summed E-state index contributed by atoms with van der Waals surface area (Å²) in [6.07, 6.45) is -1.31. The molecule has 1 aromatic rings. The molecule has 0 aliphatic carbocycles. The molecular formula is C15H21NO6. The monoisotopic (exact) mass is 311 g/mol. The summed E-state index contributed by atoms with van der Waals surface area (Å²) in [5, 5.41) is 20.4. The van der Waals surface area contributed by atoms with Gasteiger partial charge in [0.2, 0.25) is 6.54 Å². The average molecular weight is 311 g/mol. The summed E-state index contributed by atoms with van der Waals surface area (Å²) in [5.74, 6) is -0.0646. The first-order valence-electron chi connectivity index (χ1n) is 7.12. The molecule has 1 aromatic carbocycles. The number of nitrogens with zero attached hydrogens (tertiary/aromatic N) is 1.